The molecule has 0 aliphatic carbocycles. The molecule has 43 heavy (non-hydrogen) atoms. The summed E-state index contributed by atoms with van der Waals surface area (Å²) in [4.78, 5) is 19.7. The standard InChI is InChI=1S/C34H32F3N3O3/c1-2-21-4-3-5-23(12-21)19-40(20-31(41)29(38)15-24-13-27(36)18-28(37)14-24)33(42)17-22-6-11-32-30(16-22)39-34(43-32)25-7-9-26(35)10-8-25/h3-14,16,18,29,31,41H,2,15,17,19-20,38H2,1H3/t29-,31+/m0/s1. The molecule has 0 spiro atoms. The molecule has 0 fully saturated rings. The first kappa shape index (κ1) is 30.0. The van der Waals surface area contributed by atoms with Crippen LogP contribution in [0.2, 0.25) is 0 Å². The van der Waals surface area contributed by atoms with Gasteiger partial charge in [0.15, 0.2) is 5.58 Å². The quantitative estimate of drug-likeness (QED) is 0.199. The zero-order valence-electron chi connectivity index (χ0n) is 23.6. The topological polar surface area (TPSA) is 92.6 Å². The molecule has 0 aliphatic rings. The fraction of sp³-hybridized carbons (Fsp3) is 0.235. The summed E-state index contributed by atoms with van der Waals surface area (Å²) in [7, 11) is 0. The van der Waals surface area contributed by atoms with Crippen molar-refractivity contribution in [2.45, 2.75) is 44.9 Å². The zero-order chi connectivity index (χ0) is 30.5. The van der Waals surface area contributed by atoms with Crippen molar-refractivity contribution in [2.24, 2.45) is 5.73 Å². The molecule has 0 unspecified atom stereocenters. The summed E-state index contributed by atoms with van der Waals surface area (Å²) in [5.41, 5.74) is 11.0. The number of rotatable bonds is 11. The molecule has 5 aromatic rings. The summed E-state index contributed by atoms with van der Waals surface area (Å²) in [5.74, 6) is -1.71. The second-order valence-corrected chi connectivity index (χ2v) is 10.7. The van der Waals surface area contributed by atoms with Crippen LogP contribution in [-0.4, -0.2) is 39.6 Å². The molecule has 0 saturated heterocycles. The number of nitrogens with two attached hydrogens (primary N) is 1. The number of nitrogens with zero attached hydrogens (tertiary/aromatic N) is 2. The van der Waals surface area contributed by atoms with E-state index in [9.17, 15) is 23.1 Å². The summed E-state index contributed by atoms with van der Waals surface area (Å²) < 4.78 is 46.5. The minimum Gasteiger partial charge on any atom is -0.436 e. The van der Waals surface area contributed by atoms with Gasteiger partial charge in [-0.25, -0.2) is 18.2 Å². The molecular formula is C34H32F3N3O3. The van der Waals surface area contributed by atoms with Crippen molar-refractivity contribution in [3.8, 4) is 11.5 Å². The first-order chi connectivity index (χ1) is 20.7. The number of fused-ring (bicyclic) bond motifs is 1. The number of hydrogen-bond donors (Lipinski definition) is 2. The Morgan fingerprint density at radius 1 is 0.884 bits per heavy atom. The molecule has 0 saturated carbocycles. The lowest BCUT2D eigenvalue weighted by molar-refractivity contribution is -0.132. The van der Waals surface area contributed by atoms with E-state index in [0.29, 0.717) is 33.7 Å². The molecule has 6 nitrogen and oxygen atoms in total. The number of benzene rings is 4. The monoisotopic (exact) mass is 587 g/mol. The van der Waals surface area contributed by atoms with Gasteiger partial charge in [0, 0.05) is 30.8 Å². The minimum absolute atomic E-state index is 0.0270. The predicted octanol–water partition coefficient (Wildman–Crippen LogP) is 5.98. The summed E-state index contributed by atoms with van der Waals surface area (Å²) in [6.07, 6.45) is -0.264. The van der Waals surface area contributed by atoms with Gasteiger partial charge in [-0.2, -0.15) is 0 Å². The number of halogens is 3. The fourth-order valence-electron chi connectivity index (χ4n) is 5.01. The molecule has 2 atom stereocenters. The molecule has 1 heterocycles. The molecule has 9 heteroatoms. The van der Waals surface area contributed by atoms with Crippen molar-refractivity contribution < 1.29 is 27.5 Å². The average Bonchev–Trinajstić information content (AvgIpc) is 3.40. The van der Waals surface area contributed by atoms with Crippen molar-refractivity contribution in [1.82, 2.24) is 9.88 Å². The molecule has 4 aromatic carbocycles. The lowest BCUT2D eigenvalue weighted by Crippen LogP contribution is -2.46. The van der Waals surface area contributed by atoms with Gasteiger partial charge < -0.3 is 20.2 Å². The Bertz CT molecular complexity index is 1700. The SMILES string of the molecule is CCc1cccc(CN(C[C@@H](O)[C@@H](N)Cc2cc(F)cc(F)c2)C(=O)Cc2ccc3oc(-c4ccc(F)cc4)nc3c2)c1. The number of aromatic nitrogens is 1. The molecule has 222 valence electrons. The van der Waals surface area contributed by atoms with E-state index in [1.165, 1.54) is 24.3 Å². The van der Waals surface area contributed by atoms with E-state index in [1.807, 2.05) is 31.2 Å². The van der Waals surface area contributed by atoms with E-state index in [4.69, 9.17) is 10.2 Å². The van der Waals surface area contributed by atoms with Gasteiger partial charge in [-0.15, -0.1) is 0 Å². The van der Waals surface area contributed by atoms with Gasteiger partial charge in [0.05, 0.1) is 12.5 Å². The maximum Gasteiger partial charge on any atom is 0.227 e. The summed E-state index contributed by atoms with van der Waals surface area (Å²) >= 11 is 0. The highest BCUT2D eigenvalue weighted by molar-refractivity contribution is 5.82. The minimum atomic E-state index is -1.15. The third kappa shape index (κ3) is 7.68. The zero-order valence-corrected chi connectivity index (χ0v) is 23.6. The van der Waals surface area contributed by atoms with E-state index in [1.54, 1.807) is 35.2 Å². The second kappa shape index (κ2) is 13.2. The highest BCUT2D eigenvalue weighted by Gasteiger charge is 2.24. The Morgan fingerprint density at radius 3 is 2.33 bits per heavy atom. The summed E-state index contributed by atoms with van der Waals surface area (Å²) in [6, 6.07) is 21.2. The Hall–Kier alpha value is -4.47. The van der Waals surface area contributed by atoms with Crippen LogP contribution in [0.1, 0.15) is 29.2 Å². The van der Waals surface area contributed by atoms with Crippen LogP contribution in [0.5, 0.6) is 0 Å². The van der Waals surface area contributed by atoms with Gasteiger partial charge >= 0.3 is 0 Å². The molecule has 0 aliphatic heterocycles. The second-order valence-electron chi connectivity index (χ2n) is 10.7. The first-order valence-corrected chi connectivity index (χ1v) is 14.1. The van der Waals surface area contributed by atoms with Crippen LogP contribution in [0, 0.1) is 17.5 Å². The Kier molecular flexibility index (Phi) is 9.23. The molecular weight excluding hydrogens is 555 g/mol. The van der Waals surface area contributed by atoms with Crippen molar-refractivity contribution in [3.05, 3.63) is 125 Å². The summed E-state index contributed by atoms with van der Waals surface area (Å²) in [6.45, 7) is 2.21. The maximum atomic E-state index is 13.7. The molecule has 1 aromatic heterocycles. The van der Waals surface area contributed by atoms with Crippen LogP contribution >= 0.6 is 0 Å². The normalized spacial score (nSPS) is 12.8. The van der Waals surface area contributed by atoms with Crippen molar-refractivity contribution in [1.29, 1.82) is 0 Å². The number of carbonyl (C=O) groups is 1. The van der Waals surface area contributed by atoms with Crippen LogP contribution < -0.4 is 5.73 Å². The van der Waals surface area contributed by atoms with Crippen LogP contribution in [-0.2, 0) is 30.6 Å². The van der Waals surface area contributed by atoms with E-state index < -0.39 is 23.8 Å². The lowest BCUT2D eigenvalue weighted by atomic mass is 10.0. The number of amides is 1. The number of oxazole rings is 1. The third-order valence-electron chi connectivity index (χ3n) is 7.32. The highest BCUT2D eigenvalue weighted by Crippen LogP contribution is 2.26. The largest absolute Gasteiger partial charge is 0.436 e. The Morgan fingerprint density at radius 2 is 1.60 bits per heavy atom. The molecule has 5 rings (SSSR count). The van der Waals surface area contributed by atoms with Crippen molar-refractivity contribution in [2.75, 3.05) is 6.54 Å². The Balaban J connectivity index is 1.34. The lowest BCUT2D eigenvalue weighted by Gasteiger charge is -2.28. The molecule has 0 bridgehead atoms. The molecule has 3 N–H and O–H groups in total. The number of aryl methyl sites for hydroxylation is 1. The molecule has 1 amide bonds. The van der Waals surface area contributed by atoms with E-state index >= 15 is 0 Å². The maximum absolute atomic E-state index is 13.7. The van der Waals surface area contributed by atoms with E-state index in [-0.39, 0.29) is 37.7 Å². The van der Waals surface area contributed by atoms with Gasteiger partial charge in [0.2, 0.25) is 11.8 Å². The number of aliphatic hydroxyl groups is 1. The van der Waals surface area contributed by atoms with Gasteiger partial charge in [0.25, 0.3) is 0 Å². The van der Waals surface area contributed by atoms with Gasteiger partial charge in [-0.1, -0.05) is 37.3 Å². The Labute approximate surface area is 247 Å². The van der Waals surface area contributed by atoms with Gasteiger partial charge in [-0.3, -0.25) is 4.79 Å². The number of carbonyl (C=O) groups excluding carboxylic acids is 1. The van der Waals surface area contributed by atoms with Crippen molar-refractivity contribution in [3.63, 3.8) is 0 Å². The van der Waals surface area contributed by atoms with Crippen LogP contribution in [0.3, 0.4) is 0 Å². The van der Waals surface area contributed by atoms with Crippen LogP contribution in [0.4, 0.5) is 13.2 Å². The smallest absolute Gasteiger partial charge is 0.227 e. The average molecular weight is 588 g/mol. The number of hydrogen-bond acceptors (Lipinski definition) is 5. The molecule has 0 radical (unpaired) electrons. The predicted molar refractivity (Wildman–Crippen MR) is 158 cm³/mol. The highest BCUT2D eigenvalue weighted by atomic mass is 19.1. The first-order valence-electron chi connectivity index (χ1n) is 14.1. The van der Waals surface area contributed by atoms with Crippen molar-refractivity contribution >= 4 is 17.0 Å². The van der Waals surface area contributed by atoms with E-state index in [2.05, 4.69) is 4.98 Å². The summed E-state index contributed by atoms with van der Waals surface area (Å²) in [5, 5.41) is 11.0. The number of aliphatic hydroxyl groups excluding tert-OH is 1. The van der Waals surface area contributed by atoms with E-state index in [0.717, 1.165) is 23.6 Å². The van der Waals surface area contributed by atoms with Gasteiger partial charge in [-0.05, 0) is 83.6 Å². The van der Waals surface area contributed by atoms with Crippen LogP contribution in [0.15, 0.2) is 89.3 Å². The fourth-order valence-corrected chi connectivity index (χ4v) is 5.01. The van der Waals surface area contributed by atoms with Crippen LogP contribution in [0.25, 0.3) is 22.6 Å². The van der Waals surface area contributed by atoms with Gasteiger partial charge in [0.1, 0.15) is 23.0 Å². The third-order valence-corrected chi connectivity index (χ3v) is 7.32.